The smallest absolute Gasteiger partial charge is 0.158 e. The molecular weight excluding hydrogens is 154 g/mol. The second kappa shape index (κ2) is 2.39. The van der Waals surface area contributed by atoms with Crippen LogP contribution in [0.15, 0.2) is 4.99 Å². The molecule has 2 aliphatic heterocycles. The Morgan fingerprint density at radius 3 is 2.67 bits per heavy atom. The van der Waals surface area contributed by atoms with Crippen molar-refractivity contribution in [3.63, 3.8) is 0 Å². The first kappa shape index (κ1) is 7.92. The van der Waals surface area contributed by atoms with Crippen molar-refractivity contribution in [1.82, 2.24) is 0 Å². The van der Waals surface area contributed by atoms with Crippen LogP contribution < -0.4 is 0 Å². The number of ketones is 1. The summed E-state index contributed by atoms with van der Waals surface area (Å²) in [6, 6.07) is 0. The Kier molecular flexibility index (Phi) is 1.58. The van der Waals surface area contributed by atoms with Crippen LogP contribution >= 0.6 is 0 Å². The fourth-order valence-electron chi connectivity index (χ4n) is 1.97. The molecule has 1 fully saturated rings. The van der Waals surface area contributed by atoms with E-state index in [0.717, 1.165) is 5.71 Å². The number of carbonyl (C=O) groups is 1. The zero-order valence-corrected chi connectivity index (χ0v) is 7.57. The van der Waals surface area contributed by atoms with E-state index < -0.39 is 0 Å². The van der Waals surface area contributed by atoms with E-state index in [0.29, 0.717) is 0 Å². The second-order valence-corrected chi connectivity index (χ2v) is 3.70. The SMILES string of the molecule is CC1=N[C@H]2O[C@@H]1[C@@H](C)C(=O)[C@H]2C. The third kappa shape index (κ3) is 0.860. The lowest BCUT2D eigenvalue weighted by molar-refractivity contribution is -0.143. The van der Waals surface area contributed by atoms with Gasteiger partial charge in [-0.3, -0.25) is 9.79 Å². The standard InChI is InChI=1S/C9H13NO2/c1-4-7(11)5(2)9-10-6(3)8(4)12-9/h4-5,8-9H,1-3H3/t4-,5+,8+,9-/m0/s1. The van der Waals surface area contributed by atoms with Gasteiger partial charge in [0.25, 0.3) is 0 Å². The summed E-state index contributed by atoms with van der Waals surface area (Å²) < 4.78 is 5.58. The number of hydrogen-bond donors (Lipinski definition) is 0. The first-order valence-corrected chi connectivity index (χ1v) is 4.34. The van der Waals surface area contributed by atoms with E-state index in [2.05, 4.69) is 4.99 Å². The molecule has 0 radical (unpaired) electrons. The summed E-state index contributed by atoms with van der Waals surface area (Å²) in [5.41, 5.74) is 0.977. The van der Waals surface area contributed by atoms with E-state index in [-0.39, 0.29) is 30.0 Å². The number of fused-ring (bicyclic) bond motifs is 2. The van der Waals surface area contributed by atoms with Gasteiger partial charge in [0.1, 0.15) is 11.9 Å². The second-order valence-electron chi connectivity index (χ2n) is 3.70. The summed E-state index contributed by atoms with van der Waals surface area (Å²) in [4.78, 5) is 15.9. The van der Waals surface area contributed by atoms with Crippen LogP contribution in [0.1, 0.15) is 20.8 Å². The highest BCUT2D eigenvalue weighted by Gasteiger charge is 2.45. The zero-order valence-electron chi connectivity index (χ0n) is 7.57. The molecule has 0 saturated carbocycles. The molecule has 3 nitrogen and oxygen atoms in total. The molecule has 12 heavy (non-hydrogen) atoms. The summed E-state index contributed by atoms with van der Waals surface area (Å²) >= 11 is 0. The van der Waals surface area contributed by atoms with E-state index in [1.165, 1.54) is 0 Å². The highest BCUT2D eigenvalue weighted by Crippen LogP contribution is 2.32. The lowest BCUT2D eigenvalue weighted by Crippen LogP contribution is -2.42. The third-order valence-electron chi connectivity index (χ3n) is 2.81. The summed E-state index contributed by atoms with van der Waals surface area (Å²) in [7, 11) is 0. The molecule has 0 N–H and O–H groups in total. The minimum atomic E-state index is -0.196. The van der Waals surface area contributed by atoms with E-state index in [9.17, 15) is 4.79 Å². The molecule has 0 unspecified atom stereocenters. The van der Waals surface area contributed by atoms with Crippen molar-refractivity contribution in [2.24, 2.45) is 16.8 Å². The Morgan fingerprint density at radius 1 is 1.33 bits per heavy atom. The maximum atomic E-state index is 11.6. The highest BCUT2D eigenvalue weighted by atomic mass is 16.5. The quantitative estimate of drug-likeness (QED) is 0.540. The average Bonchev–Trinajstić information content (AvgIpc) is 2.39. The van der Waals surface area contributed by atoms with Crippen LogP contribution in [-0.4, -0.2) is 23.8 Å². The molecule has 4 atom stereocenters. The Bertz CT molecular complexity index is 259. The van der Waals surface area contributed by atoms with Crippen LogP contribution in [0.5, 0.6) is 0 Å². The Morgan fingerprint density at radius 2 is 2.00 bits per heavy atom. The van der Waals surface area contributed by atoms with Crippen molar-refractivity contribution < 1.29 is 9.53 Å². The van der Waals surface area contributed by atoms with E-state index in [1.54, 1.807) is 0 Å². The first-order chi connectivity index (χ1) is 5.61. The topological polar surface area (TPSA) is 38.7 Å². The molecule has 0 aliphatic carbocycles. The van der Waals surface area contributed by atoms with E-state index in [1.807, 2.05) is 20.8 Å². The van der Waals surface area contributed by atoms with Crippen LogP contribution in [-0.2, 0) is 9.53 Å². The molecule has 3 heteroatoms. The maximum absolute atomic E-state index is 11.6. The average molecular weight is 167 g/mol. The predicted molar refractivity (Wildman–Crippen MR) is 45.1 cm³/mol. The minimum absolute atomic E-state index is 0.0116. The minimum Gasteiger partial charge on any atom is -0.346 e. The number of ether oxygens (including phenoxy) is 1. The van der Waals surface area contributed by atoms with Gasteiger partial charge in [0.15, 0.2) is 6.23 Å². The molecule has 0 aromatic heterocycles. The number of carbonyl (C=O) groups excluding carboxylic acids is 1. The van der Waals surface area contributed by atoms with Gasteiger partial charge < -0.3 is 4.74 Å². The summed E-state index contributed by atoms with van der Waals surface area (Å²) in [6.07, 6.45) is -0.239. The number of rotatable bonds is 0. The Labute approximate surface area is 71.8 Å². The fourth-order valence-corrected chi connectivity index (χ4v) is 1.97. The van der Waals surface area contributed by atoms with Gasteiger partial charge in [0.05, 0.1) is 5.92 Å². The van der Waals surface area contributed by atoms with Gasteiger partial charge in [-0.1, -0.05) is 13.8 Å². The van der Waals surface area contributed by atoms with Crippen LogP contribution in [0.3, 0.4) is 0 Å². The molecule has 0 spiro atoms. The van der Waals surface area contributed by atoms with Crippen molar-refractivity contribution in [3.05, 3.63) is 0 Å². The van der Waals surface area contributed by atoms with Gasteiger partial charge in [0.2, 0.25) is 0 Å². The molecule has 0 aromatic carbocycles. The Hall–Kier alpha value is -0.700. The summed E-state index contributed by atoms with van der Waals surface area (Å²) in [5.74, 6) is 0.216. The predicted octanol–water partition coefficient (Wildman–Crippen LogP) is 1.03. The van der Waals surface area contributed by atoms with Gasteiger partial charge in [-0.2, -0.15) is 0 Å². The lowest BCUT2D eigenvalue weighted by atomic mass is 9.87. The normalized spacial score (nSPS) is 46.2. The molecule has 66 valence electrons. The van der Waals surface area contributed by atoms with Crippen molar-refractivity contribution in [1.29, 1.82) is 0 Å². The zero-order chi connectivity index (χ0) is 8.88. The molecule has 0 aromatic rings. The molecular formula is C9H13NO2. The van der Waals surface area contributed by atoms with Gasteiger partial charge in [-0.15, -0.1) is 0 Å². The highest BCUT2D eigenvalue weighted by molar-refractivity contribution is 5.97. The van der Waals surface area contributed by atoms with E-state index in [4.69, 9.17) is 4.74 Å². The van der Waals surface area contributed by atoms with Crippen molar-refractivity contribution in [2.45, 2.75) is 33.1 Å². The van der Waals surface area contributed by atoms with Crippen LogP contribution in [0.25, 0.3) is 0 Å². The first-order valence-electron chi connectivity index (χ1n) is 4.34. The van der Waals surface area contributed by atoms with Crippen molar-refractivity contribution in [2.75, 3.05) is 0 Å². The number of aliphatic imine (C=N–C) groups is 1. The lowest BCUT2D eigenvalue weighted by Gasteiger charge is -2.29. The number of nitrogens with zero attached hydrogens (tertiary/aromatic N) is 1. The largest absolute Gasteiger partial charge is 0.346 e. The maximum Gasteiger partial charge on any atom is 0.158 e. The fraction of sp³-hybridized carbons (Fsp3) is 0.778. The van der Waals surface area contributed by atoms with Crippen LogP contribution in [0.2, 0.25) is 0 Å². The summed E-state index contributed by atoms with van der Waals surface area (Å²) in [5, 5.41) is 0. The van der Waals surface area contributed by atoms with Crippen LogP contribution in [0, 0.1) is 11.8 Å². The third-order valence-corrected chi connectivity index (χ3v) is 2.81. The molecule has 2 aliphatic rings. The molecule has 1 saturated heterocycles. The molecule has 2 rings (SSSR count). The van der Waals surface area contributed by atoms with Crippen molar-refractivity contribution >= 4 is 11.5 Å². The van der Waals surface area contributed by atoms with E-state index >= 15 is 0 Å². The number of Topliss-reactive ketones (excluding diaryl/α,β-unsaturated/α-hetero) is 1. The Balaban J connectivity index is 2.34. The molecule has 2 bridgehead atoms. The van der Waals surface area contributed by atoms with Gasteiger partial charge in [-0.05, 0) is 6.92 Å². The molecule has 2 heterocycles. The molecule has 0 amide bonds. The van der Waals surface area contributed by atoms with Crippen molar-refractivity contribution in [3.8, 4) is 0 Å². The summed E-state index contributed by atoms with van der Waals surface area (Å²) in [6.45, 7) is 5.75. The van der Waals surface area contributed by atoms with Crippen LogP contribution in [0.4, 0.5) is 0 Å². The van der Waals surface area contributed by atoms with Gasteiger partial charge in [0, 0.05) is 11.6 Å². The van der Waals surface area contributed by atoms with Gasteiger partial charge in [-0.25, -0.2) is 0 Å². The monoisotopic (exact) mass is 167 g/mol. The number of hydrogen-bond acceptors (Lipinski definition) is 3. The van der Waals surface area contributed by atoms with Gasteiger partial charge >= 0.3 is 0 Å².